The third kappa shape index (κ3) is 1.65. The van der Waals surface area contributed by atoms with Crippen LogP contribution in [0.1, 0.15) is 11.1 Å². The van der Waals surface area contributed by atoms with Crippen molar-refractivity contribution in [2.24, 2.45) is 0 Å². The Labute approximate surface area is 125 Å². The lowest BCUT2D eigenvalue weighted by molar-refractivity contribution is 1.26. The first-order valence-electron chi connectivity index (χ1n) is 6.23. The maximum Gasteiger partial charge on any atom is 0.0412 e. The van der Waals surface area contributed by atoms with Crippen LogP contribution in [0.15, 0.2) is 53.0 Å². The average Bonchev–Trinajstić information content (AvgIpc) is 2.76. The molecule has 0 aromatic heterocycles. The average molecular weight is 330 g/mol. The van der Waals surface area contributed by atoms with Gasteiger partial charge >= 0.3 is 0 Å². The zero-order chi connectivity index (χ0) is 13.0. The van der Waals surface area contributed by atoms with Gasteiger partial charge in [-0.05, 0) is 57.6 Å². The summed E-state index contributed by atoms with van der Waals surface area (Å²) in [6, 6.07) is 17.0. The van der Waals surface area contributed by atoms with Gasteiger partial charge in [-0.3, -0.25) is 0 Å². The highest BCUT2D eigenvalue weighted by Crippen LogP contribution is 2.44. The molecule has 3 aromatic rings. The molecule has 0 saturated carbocycles. The minimum Gasteiger partial charge on any atom is -0.0843 e. The van der Waals surface area contributed by atoms with E-state index in [0.717, 1.165) is 11.4 Å². The highest BCUT2D eigenvalue weighted by Gasteiger charge is 2.21. The fraction of sp³-hybridized carbons (Fsp3) is 0.0588. The number of benzene rings is 3. The summed E-state index contributed by atoms with van der Waals surface area (Å²) >= 11 is 9.85. The Morgan fingerprint density at radius 3 is 2.53 bits per heavy atom. The summed E-state index contributed by atoms with van der Waals surface area (Å²) in [4.78, 5) is 0. The van der Waals surface area contributed by atoms with E-state index < -0.39 is 0 Å². The van der Waals surface area contributed by atoms with Gasteiger partial charge in [0.15, 0.2) is 0 Å². The maximum atomic E-state index is 6.16. The molecule has 0 saturated heterocycles. The van der Waals surface area contributed by atoms with E-state index in [0.29, 0.717) is 0 Å². The lowest BCUT2D eigenvalue weighted by atomic mass is 9.98. The summed E-state index contributed by atoms with van der Waals surface area (Å²) in [7, 11) is 0. The molecular weight excluding hydrogens is 320 g/mol. The van der Waals surface area contributed by atoms with Crippen molar-refractivity contribution in [3.05, 3.63) is 69.2 Å². The van der Waals surface area contributed by atoms with Crippen molar-refractivity contribution in [2.75, 3.05) is 0 Å². The van der Waals surface area contributed by atoms with Gasteiger partial charge in [0, 0.05) is 9.50 Å². The van der Waals surface area contributed by atoms with E-state index in [2.05, 4.69) is 58.4 Å². The third-order valence-corrected chi connectivity index (χ3v) is 4.69. The van der Waals surface area contributed by atoms with E-state index in [4.69, 9.17) is 11.6 Å². The first-order valence-corrected chi connectivity index (χ1v) is 7.40. The molecule has 1 aliphatic rings. The highest BCUT2D eigenvalue weighted by atomic mass is 79.9. The molecule has 0 nitrogen and oxygen atoms in total. The lowest BCUT2D eigenvalue weighted by Gasteiger charge is -2.09. The molecule has 0 amide bonds. The molecule has 0 aliphatic heterocycles. The topological polar surface area (TPSA) is 0 Å². The third-order valence-electron chi connectivity index (χ3n) is 3.80. The summed E-state index contributed by atoms with van der Waals surface area (Å²) in [5.41, 5.74) is 5.37. The second-order valence-electron chi connectivity index (χ2n) is 4.92. The molecule has 0 heterocycles. The molecule has 0 atom stereocenters. The van der Waals surface area contributed by atoms with Crippen LogP contribution in [-0.4, -0.2) is 0 Å². The van der Waals surface area contributed by atoms with E-state index in [1.807, 2.05) is 6.07 Å². The first-order chi connectivity index (χ1) is 9.24. The second kappa shape index (κ2) is 4.09. The largest absolute Gasteiger partial charge is 0.0843 e. The predicted molar refractivity (Wildman–Crippen MR) is 84.9 cm³/mol. The summed E-state index contributed by atoms with van der Waals surface area (Å²) in [5.74, 6) is 0. The highest BCUT2D eigenvalue weighted by molar-refractivity contribution is 9.10. The zero-order valence-corrected chi connectivity index (χ0v) is 12.4. The molecule has 19 heavy (non-hydrogen) atoms. The molecule has 1 aliphatic carbocycles. The van der Waals surface area contributed by atoms with E-state index in [1.54, 1.807) is 0 Å². The van der Waals surface area contributed by atoms with Crippen LogP contribution >= 0.6 is 27.5 Å². The summed E-state index contributed by atoms with van der Waals surface area (Å²) < 4.78 is 1.17. The van der Waals surface area contributed by atoms with Gasteiger partial charge < -0.3 is 0 Å². The van der Waals surface area contributed by atoms with Gasteiger partial charge in [-0.2, -0.15) is 0 Å². The van der Waals surface area contributed by atoms with Gasteiger partial charge in [0.1, 0.15) is 0 Å². The summed E-state index contributed by atoms with van der Waals surface area (Å²) in [6.45, 7) is 0. The molecule has 92 valence electrons. The van der Waals surface area contributed by atoms with Crippen molar-refractivity contribution in [1.82, 2.24) is 0 Å². The fourth-order valence-corrected chi connectivity index (χ4v) is 3.78. The standard InChI is InChI=1S/C17H10BrCl/c18-16-8-11-7-10-5-6-12(19)9-15(10)17(11)14-4-2-1-3-13(14)16/h1-6,8-9H,7H2. The van der Waals surface area contributed by atoms with E-state index in [-0.39, 0.29) is 0 Å². The van der Waals surface area contributed by atoms with Crippen molar-refractivity contribution < 1.29 is 0 Å². The Kier molecular flexibility index (Phi) is 2.48. The first kappa shape index (κ1) is 11.5. The monoisotopic (exact) mass is 328 g/mol. The molecule has 0 bridgehead atoms. The zero-order valence-electron chi connectivity index (χ0n) is 10.1. The molecule has 0 unspecified atom stereocenters. The molecule has 0 radical (unpaired) electrons. The minimum atomic E-state index is 0.804. The Hall–Kier alpha value is -1.31. The quantitative estimate of drug-likeness (QED) is 0.381. The molecule has 0 N–H and O–H groups in total. The maximum absolute atomic E-state index is 6.16. The van der Waals surface area contributed by atoms with Crippen LogP contribution in [0.25, 0.3) is 21.9 Å². The van der Waals surface area contributed by atoms with Gasteiger partial charge in [0.05, 0.1) is 0 Å². The van der Waals surface area contributed by atoms with Crippen LogP contribution in [0.3, 0.4) is 0 Å². The normalized spacial score (nSPS) is 12.5. The number of hydrogen-bond donors (Lipinski definition) is 0. The van der Waals surface area contributed by atoms with Gasteiger partial charge in [0.2, 0.25) is 0 Å². The second-order valence-corrected chi connectivity index (χ2v) is 6.21. The van der Waals surface area contributed by atoms with Crippen molar-refractivity contribution in [3.63, 3.8) is 0 Å². The Balaban J connectivity index is 2.16. The van der Waals surface area contributed by atoms with Crippen LogP contribution in [0.4, 0.5) is 0 Å². The van der Waals surface area contributed by atoms with Gasteiger partial charge in [-0.1, -0.05) is 57.9 Å². The van der Waals surface area contributed by atoms with Crippen molar-refractivity contribution >= 4 is 38.3 Å². The number of hydrogen-bond acceptors (Lipinski definition) is 0. The smallest absolute Gasteiger partial charge is 0.0412 e. The summed E-state index contributed by atoms with van der Waals surface area (Å²) in [6.07, 6.45) is 0.991. The van der Waals surface area contributed by atoms with Crippen LogP contribution in [0.5, 0.6) is 0 Å². The number of halogens is 2. The summed E-state index contributed by atoms with van der Waals surface area (Å²) in [5, 5.41) is 3.36. The molecule has 3 aromatic carbocycles. The van der Waals surface area contributed by atoms with E-state index in [9.17, 15) is 0 Å². The van der Waals surface area contributed by atoms with Gasteiger partial charge in [0.25, 0.3) is 0 Å². The van der Waals surface area contributed by atoms with Crippen LogP contribution in [0, 0.1) is 0 Å². The Bertz CT molecular complexity index is 821. The van der Waals surface area contributed by atoms with Crippen LogP contribution in [0.2, 0.25) is 5.02 Å². The van der Waals surface area contributed by atoms with Gasteiger partial charge in [-0.15, -0.1) is 0 Å². The molecule has 0 fully saturated rings. The number of rotatable bonds is 0. The SMILES string of the molecule is Clc1ccc2c(c1)-c1c(cc(Br)c3ccccc13)C2. The molecule has 4 rings (SSSR count). The number of fused-ring (bicyclic) bond motifs is 5. The molecule has 0 spiro atoms. The van der Waals surface area contributed by atoms with Crippen LogP contribution in [-0.2, 0) is 6.42 Å². The van der Waals surface area contributed by atoms with Gasteiger partial charge in [-0.25, -0.2) is 0 Å². The molecule has 2 heteroatoms. The predicted octanol–water partition coefficient (Wildman–Crippen LogP) is 5.83. The molecular formula is C17H10BrCl. The Morgan fingerprint density at radius 2 is 1.68 bits per heavy atom. The van der Waals surface area contributed by atoms with E-state index >= 15 is 0 Å². The minimum absolute atomic E-state index is 0.804. The van der Waals surface area contributed by atoms with E-state index in [1.165, 1.54) is 37.5 Å². The van der Waals surface area contributed by atoms with Crippen molar-refractivity contribution in [3.8, 4) is 11.1 Å². The Morgan fingerprint density at radius 1 is 0.895 bits per heavy atom. The van der Waals surface area contributed by atoms with Crippen molar-refractivity contribution in [1.29, 1.82) is 0 Å². The lowest BCUT2D eigenvalue weighted by Crippen LogP contribution is -1.84. The fourth-order valence-electron chi connectivity index (χ4n) is 2.98. The van der Waals surface area contributed by atoms with Crippen molar-refractivity contribution in [2.45, 2.75) is 6.42 Å². The van der Waals surface area contributed by atoms with Crippen LogP contribution < -0.4 is 0 Å².